The van der Waals surface area contributed by atoms with Crippen molar-refractivity contribution < 1.29 is 32.3 Å². The lowest BCUT2D eigenvalue weighted by atomic mass is 9.92. The number of aryl methyl sites for hydroxylation is 2. The third-order valence-corrected chi connectivity index (χ3v) is 7.58. The standard InChI is InChI=1S/C32H30F3NO4/c1-3-39-30(38)31(18-19-31)25-12-10-23(11-13-25)22-6-8-24(9-7-22)28-27(20(2)36-40-28)29(37)32(34,35)17-16-21-4-14-26(33)15-5-21/h4-15,29,37H,3,16-19H2,1-2H3. The van der Waals surface area contributed by atoms with Crippen molar-refractivity contribution in [3.05, 3.63) is 101 Å². The third kappa shape index (κ3) is 5.41. The highest BCUT2D eigenvalue weighted by molar-refractivity contribution is 5.87. The first-order chi connectivity index (χ1) is 19.1. The van der Waals surface area contributed by atoms with Crippen LogP contribution in [0, 0.1) is 12.7 Å². The van der Waals surface area contributed by atoms with Crippen LogP contribution in [0.25, 0.3) is 22.5 Å². The molecule has 1 fully saturated rings. The van der Waals surface area contributed by atoms with Crippen LogP contribution in [0.5, 0.6) is 0 Å². The molecule has 1 saturated carbocycles. The molecule has 1 atom stereocenters. The molecule has 5 rings (SSSR count). The fraction of sp³-hybridized carbons (Fsp3) is 0.312. The van der Waals surface area contributed by atoms with E-state index in [-0.39, 0.29) is 29.4 Å². The number of halogens is 3. The minimum absolute atomic E-state index is 0.0294. The van der Waals surface area contributed by atoms with E-state index in [0.717, 1.165) is 29.5 Å². The van der Waals surface area contributed by atoms with Crippen LogP contribution in [0.2, 0.25) is 0 Å². The Bertz CT molecular complexity index is 1470. The van der Waals surface area contributed by atoms with Crippen LogP contribution in [-0.2, 0) is 21.4 Å². The van der Waals surface area contributed by atoms with Gasteiger partial charge in [-0.3, -0.25) is 4.79 Å². The van der Waals surface area contributed by atoms with Gasteiger partial charge < -0.3 is 14.4 Å². The lowest BCUT2D eigenvalue weighted by Crippen LogP contribution is -2.27. The summed E-state index contributed by atoms with van der Waals surface area (Å²) in [5.74, 6) is -4.01. The Kier molecular flexibility index (Phi) is 7.55. The number of hydrogen-bond donors (Lipinski definition) is 1. The van der Waals surface area contributed by atoms with E-state index >= 15 is 8.78 Å². The number of carbonyl (C=O) groups is 1. The second-order valence-electron chi connectivity index (χ2n) is 10.3. The van der Waals surface area contributed by atoms with Gasteiger partial charge >= 0.3 is 5.97 Å². The molecule has 0 saturated heterocycles. The van der Waals surface area contributed by atoms with Gasteiger partial charge in [0.25, 0.3) is 5.92 Å². The molecular formula is C32H30F3NO4. The van der Waals surface area contributed by atoms with Crippen molar-refractivity contribution in [3.8, 4) is 22.5 Å². The number of rotatable bonds is 10. The molecule has 1 unspecified atom stereocenters. The number of esters is 1. The molecule has 0 bridgehead atoms. The molecule has 1 aliphatic carbocycles. The first kappa shape index (κ1) is 27.6. The lowest BCUT2D eigenvalue weighted by molar-refractivity contribution is -0.146. The monoisotopic (exact) mass is 549 g/mol. The summed E-state index contributed by atoms with van der Waals surface area (Å²) in [4.78, 5) is 12.4. The maximum absolute atomic E-state index is 15.1. The molecule has 40 heavy (non-hydrogen) atoms. The number of aliphatic hydroxyl groups excluding tert-OH is 1. The quantitative estimate of drug-likeness (QED) is 0.209. The number of aromatic nitrogens is 1. The average Bonchev–Trinajstić information content (AvgIpc) is 3.69. The summed E-state index contributed by atoms with van der Waals surface area (Å²) in [6.45, 7) is 3.66. The van der Waals surface area contributed by atoms with Crippen LogP contribution >= 0.6 is 0 Å². The van der Waals surface area contributed by atoms with Crippen molar-refractivity contribution in [3.63, 3.8) is 0 Å². The number of aliphatic hydroxyl groups is 1. The van der Waals surface area contributed by atoms with E-state index in [1.54, 1.807) is 19.1 Å². The first-order valence-corrected chi connectivity index (χ1v) is 13.3. The van der Waals surface area contributed by atoms with Crippen LogP contribution in [0.3, 0.4) is 0 Å². The Morgan fingerprint density at radius 1 is 1.00 bits per heavy atom. The highest BCUT2D eigenvalue weighted by atomic mass is 19.3. The second-order valence-corrected chi connectivity index (χ2v) is 10.3. The van der Waals surface area contributed by atoms with Gasteiger partial charge in [-0.25, -0.2) is 13.2 Å². The number of ether oxygens (including phenoxy) is 1. The number of nitrogens with zero attached hydrogens (tertiary/aromatic N) is 1. The molecule has 1 aromatic heterocycles. The summed E-state index contributed by atoms with van der Waals surface area (Å²) in [5, 5.41) is 14.6. The minimum atomic E-state index is -3.47. The number of benzene rings is 3. The molecule has 208 valence electrons. The van der Waals surface area contributed by atoms with Crippen LogP contribution in [-0.4, -0.2) is 28.8 Å². The maximum Gasteiger partial charge on any atom is 0.316 e. The van der Waals surface area contributed by atoms with E-state index in [2.05, 4.69) is 5.16 Å². The summed E-state index contributed by atoms with van der Waals surface area (Å²) >= 11 is 0. The SMILES string of the molecule is CCOC(=O)C1(c2ccc(-c3ccc(-c4onc(C)c4C(O)C(F)(F)CCc4ccc(F)cc4)cc3)cc2)CC1. The van der Waals surface area contributed by atoms with Crippen LogP contribution in [0.4, 0.5) is 13.2 Å². The van der Waals surface area contributed by atoms with E-state index in [1.807, 2.05) is 36.4 Å². The van der Waals surface area contributed by atoms with Gasteiger partial charge in [0, 0.05) is 12.0 Å². The zero-order valence-electron chi connectivity index (χ0n) is 22.3. The fourth-order valence-electron chi connectivity index (χ4n) is 5.02. The lowest BCUT2D eigenvalue weighted by Gasteiger charge is -2.23. The zero-order valence-corrected chi connectivity index (χ0v) is 22.3. The number of carbonyl (C=O) groups excluding carboxylic acids is 1. The predicted molar refractivity (Wildman–Crippen MR) is 144 cm³/mol. The van der Waals surface area contributed by atoms with E-state index in [9.17, 15) is 14.3 Å². The summed E-state index contributed by atoms with van der Waals surface area (Å²) < 4.78 is 54.0. The summed E-state index contributed by atoms with van der Waals surface area (Å²) in [6.07, 6.45) is -1.24. The molecule has 0 aliphatic heterocycles. The average molecular weight is 550 g/mol. The summed E-state index contributed by atoms with van der Waals surface area (Å²) in [7, 11) is 0. The van der Waals surface area contributed by atoms with Gasteiger partial charge in [0.15, 0.2) is 5.76 Å². The Morgan fingerprint density at radius 2 is 1.57 bits per heavy atom. The molecule has 0 radical (unpaired) electrons. The topological polar surface area (TPSA) is 72.6 Å². The normalized spacial score (nSPS) is 15.1. The molecule has 5 nitrogen and oxygen atoms in total. The molecule has 1 N–H and O–H groups in total. The molecule has 1 aliphatic rings. The number of hydrogen-bond acceptors (Lipinski definition) is 5. The fourth-order valence-corrected chi connectivity index (χ4v) is 5.02. The summed E-state index contributed by atoms with van der Waals surface area (Å²) in [5.41, 5.74) is 3.38. The van der Waals surface area contributed by atoms with Crippen molar-refractivity contribution in [1.29, 1.82) is 0 Å². The van der Waals surface area contributed by atoms with Crippen molar-refractivity contribution in [2.45, 2.75) is 57.0 Å². The Balaban J connectivity index is 1.32. The number of alkyl halides is 2. The van der Waals surface area contributed by atoms with Crippen molar-refractivity contribution in [2.24, 2.45) is 0 Å². The van der Waals surface area contributed by atoms with Crippen LogP contribution < -0.4 is 0 Å². The molecule has 0 amide bonds. The molecule has 3 aromatic carbocycles. The minimum Gasteiger partial charge on any atom is -0.465 e. The van der Waals surface area contributed by atoms with Crippen molar-refractivity contribution in [1.82, 2.24) is 5.16 Å². The van der Waals surface area contributed by atoms with Gasteiger partial charge in [-0.2, -0.15) is 0 Å². The van der Waals surface area contributed by atoms with E-state index in [0.29, 0.717) is 17.7 Å². The van der Waals surface area contributed by atoms with Gasteiger partial charge in [0.2, 0.25) is 0 Å². The molecule has 0 spiro atoms. The van der Waals surface area contributed by atoms with Crippen molar-refractivity contribution >= 4 is 5.97 Å². The molecule has 1 heterocycles. The largest absolute Gasteiger partial charge is 0.465 e. The highest BCUT2D eigenvalue weighted by Crippen LogP contribution is 2.49. The van der Waals surface area contributed by atoms with Crippen LogP contribution in [0.15, 0.2) is 77.3 Å². The Labute approximate surface area is 230 Å². The van der Waals surface area contributed by atoms with Gasteiger partial charge in [-0.1, -0.05) is 65.8 Å². The predicted octanol–water partition coefficient (Wildman–Crippen LogP) is 7.35. The molecular weight excluding hydrogens is 519 g/mol. The van der Waals surface area contributed by atoms with E-state index in [4.69, 9.17) is 9.26 Å². The van der Waals surface area contributed by atoms with Crippen molar-refractivity contribution in [2.75, 3.05) is 6.61 Å². The molecule has 4 aromatic rings. The van der Waals surface area contributed by atoms with Gasteiger partial charge in [-0.15, -0.1) is 0 Å². The maximum atomic E-state index is 15.1. The second kappa shape index (κ2) is 10.9. The Morgan fingerprint density at radius 3 is 2.15 bits per heavy atom. The third-order valence-electron chi connectivity index (χ3n) is 7.58. The Hall–Kier alpha value is -3.91. The van der Waals surface area contributed by atoms with E-state index < -0.39 is 29.7 Å². The van der Waals surface area contributed by atoms with Gasteiger partial charge in [-0.05, 0) is 67.5 Å². The zero-order chi connectivity index (χ0) is 28.5. The van der Waals surface area contributed by atoms with Crippen LogP contribution in [0.1, 0.15) is 54.7 Å². The molecule has 8 heteroatoms. The summed E-state index contributed by atoms with van der Waals surface area (Å²) in [6, 6.07) is 20.2. The first-order valence-electron chi connectivity index (χ1n) is 13.3. The highest BCUT2D eigenvalue weighted by Gasteiger charge is 2.52. The van der Waals surface area contributed by atoms with Gasteiger partial charge in [0.1, 0.15) is 11.9 Å². The van der Waals surface area contributed by atoms with Gasteiger partial charge in [0.05, 0.1) is 23.3 Å². The van der Waals surface area contributed by atoms with E-state index in [1.165, 1.54) is 31.2 Å². The smallest absolute Gasteiger partial charge is 0.316 e.